The molecule has 0 aliphatic heterocycles. The Balaban J connectivity index is 3.27. The molecular weight excluding hydrogens is 196 g/mol. The quantitative estimate of drug-likeness (QED) is 0.342. The minimum Gasteiger partial charge on any atom is -0.396 e. The maximum absolute atomic E-state index is 10.2. The highest BCUT2D eigenvalue weighted by molar-refractivity contribution is 4.57. The van der Waals surface area contributed by atoms with Crippen molar-refractivity contribution < 1.29 is 10.0 Å². The van der Waals surface area contributed by atoms with Gasteiger partial charge >= 0.3 is 0 Å². The molecule has 0 radical (unpaired) electrons. The summed E-state index contributed by atoms with van der Waals surface area (Å²) in [4.78, 5) is 9.90. The van der Waals surface area contributed by atoms with Gasteiger partial charge in [-0.3, -0.25) is 10.1 Å². The first-order valence-electron chi connectivity index (χ1n) is 5.49. The Kier molecular flexibility index (Phi) is 8.22. The van der Waals surface area contributed by atoms with E-state index in [1.807, 2.05) is 13.8 Å². The molecule has 0 bridgehead atoms. The van der Waals surface area contributed by atoms with Crippen LogP contribution in [0.4, 0.5) is 0 Å². The number of nitrogens with one attached hydrogen (secondary N) is 1. The van der Waals surface area contributed by atoms with Crippen molar-refractivity contribution in [2.45, 2.75) is 26.7 Å². The molecule has 5 heteroatoms. The number of nitro groups is 1. The Bertz CT molecular complexity index is 176. The molecule has 0 aromatic rings. The summed E-state index contributed by atoms with van der Waals surface area (Å²) in [6, 6.07) is 0. The molecule has 2 unspecified atom stereocenters. The lowest BCUT2D eigenvalue weighted by molar-refractivity contribution is -0.487. The molecule has 0 saturated carbocycles. The lowest BCUT2D eigenvalue weighted by Gasteiger charge is -2.10. The van der Waals surface area contributed by atoms with Crippen LogP contribution < -0.4 is 5.32 Å². The summed E-state index contributed by atoms with van der Waals surface area (Å²) in [5.74, 6) is 0.429. The third-order valence-electron chi connectivity index (χ3n) is 2.32. The smallest absolute Gasteiger partial charge is 0.207 e. The van der Waals surface area contributed by atoms with E-state index < -0.39 is 0 Å². The molecule has 2 atom stereocenters. The zero-order valence-corrected chi connectivity index (χ0v) is 9.61. The van der Waals surface area contributed by atoms with Gasteiger partial charge in [-0.25, -0.2) is 0 Å². The van der Waals surface area contributed by atoms with Gasteiger partial charge in [0, 0.05) is 24.0 Å². The Labute approximate surface area is 91.0 Å². The summed E-state index contributed by atoms with van der Waals surface area (Å²) in [6.45, 7) is 5.69. The van der Waals surface area contributed by atoms with Crippen molar-refractivity contribution in [3.05, 3.63) is 10.1 Å². The van der Waals surface area contributed by atoms with E-state index in [0.29, 0.717) is 12.5 Å². The lowest BCUT2D eigenvalue weighted by Crippen LogP contribution is -2.26. The van der Waals surface area contributed by atoms with E-state index in [2.05, 4.69) is 5.32 Å². The van der Waals surface area contributed by atoms with Crippen LogP contribution in [0.3, 0.4) is 0 Å². The number of rotatable bonds is 9. The first-order valence-corrected chi connectivity index (χ1v) is 5.49. The molecule has 5 nitrogen and oxygen atoms in total. The maximum Gasteiger partial charge on any atom is 0.207 e. The normalized spacial score (nSPS) is 14.9. The van der Waals surface area contributed by atoms with Crippen LogP contribution in [0.2, 0.25) is 0 Å². The number of aliphatic hydroxyl groups is 1. The number of hydrogen-bond donors (Lipinski definition) is 2. The van der Waals surface area contributed by atoms with Gasteiger partial charge in [-0.2, -0.15) is 0 Å². The standard InChI is InChI=1S/C10H22N2O3/c1-9(8-13)4-3-5-11-6-10(2)7-12(14)15/h9-11,13H,3-8H2,1-2H3. The van der Waals surface area contributed by atoms with Gasteiger partial charge in [0.1, 0.15) is 0 Å². The zero-order chi connectivity index (χ0) is 11.7. The second kappa shape index (κ2) is 8.61. The fourth-order valence-corrected chi connectivity index (χ4v) is 1.33. The SMILES string of the molecule is CC(CO)CCCNCC(C)C[N+](=O)[O-]. The first kappa shape index (κ1) is 14.3. The monoisotopic (exact) mass is 218 g/mol. The van der Waals surface area contributed by atoms with Gasteiger partial charge in [0.25, 0.3) is 0 Å². The molecule has 0 rings (SSSR count). The van der Waals surface area contributed by atoms with Gasteiger partial charge < -0.3 is 10.4 Å². The zero-order valence-electron chi connectivity index (χ0n) is 9.61. The van der Waals surface area contributed by atoms with Gasteiger partial charge in [-0.1, -0.05) is 13.8 Å². The number of nitrogens with zero attached hydrogens (tertiary/aromatic N) is 1. The molecule has 0 aromatic carbocycles. The van der Waals surface area contributed by atoms with Gasteiger partial charge in [0.15, 0.2) is 0 Å². The minimum atomic E-state index is -0.278. The topological polar surface area (TPSA) is 75.4 Å². The highest BCUT2D eigenvalue weighted by Crippen LogP contribution is 2.02. The van der Waals surface area contributed by atoms with Crippen LogP contribution >= 0.6 is 0 Å². The lowest BCUT2D eigenvalue weighted by atomic mass is 10.1. The summed E-state index contributed by atoms with van der Waals surface area (Å²) in [5, 5.41) is 22.1. The van der Waals surface area contributed by atoms with Crippen LogP contribution in [0.5, 0.6) is 0 Å². The van der Waals surface area contributed by atoms with E-state index in [-0.39, 0.29) is 24.0 Å². The Morgan fingerprint density at radius 1 is 1.40 bits per heavy atom. The molecule has 0 aliphatic carbocycles. The first-order chi connectivity index (χ1) is 7.06. The third-order valence-corrected chi connectivity index (χ3v) is 2.32. The van der Waals surface area contributed by atoms with E-state index in [4.69, 9.17) is 5.11 Å². The van der Waals surface area contributed by atoms with Crippen LogP contribution in [0.1, 0.15) is 26.7 Å². The van der Waals surface area contributed by atoms with E-state index in [1.54, 1.807) is 0 Å². The predicted molar refractivity (Wildman–Crippen MR) is 59.4 cm³/mol. The van der Waals surface area contributed by atoms with Crippen molar-refractivity contribution in [1.82, 2.24) is 5.32 Å². The van der Waals surface area contributed by atoms with Crippen LogP contribution in [0, 0.1) is 22.0 Å². The average molecular weight is 218 g/mol. The molecule has 0 aliphatic rings. The van der Waals surface area contributed by atoms with Crippen molar-refractivity contribution in [2.24, 2.45) is 11.8 Å². The summed E-state index contributed by atoms with van der Waals surface area (Å²) in [6.07, 6.45) is 2.00. The molecule has 15 heavy (non-hydrogen) atoms. The summed E-state index contributed by atoms with van der Waals surface area (Å²) in [7, 11) is 0. The molecule has 2 N–H and O–H groups in total. The van der Waals surface area contributed by atoms with E-state index in [9.17, 15) is 10.1 Å². The molecule has 90 valence electrons. The van der Waals surface area contributed by atoms with Crippen molar-refractivity contribution in [1.29, 1.82) is 0 Å². The second-order valence-corrected chi connectivity index (χ2v) is 4.25. The molecule has 0 heterocycles. The molecular formula is C10H22N2O3. The van der Waals surface area contributed by atoms with Gasteiger partial charge in [-0.15, -0.1) is 0 Å². The Morgan fingerprint density at radius 3 is 2.60 bits per heavy atom. The highest BCUT2D eigenvalue weighted by atomic mass is 16.6. The highest BCUT2D eigenvalue weighted by Gasteiger charge is 2.08. The van der Waals surface area contributed by atoms with Gasteiger partial charge in [0.2, 0.25) is 6.54 Å². The van der Waals surface area contributed by atoms with E-state index >= 15 is 0 Å². The Hall–Kier alpha value is -0.680. The second-order valence-electron chi connectivity index (χ2n) is 4.25. The van der Waals surface area contributed by atoms with E-state index in [0.717, 1.165) is 19.4 Å². The number of aliphatic hydroxyl groups excluding tert-OH is 1. The van der Waals surface area contributed by atoms with Crippen LogP contribution in [0.15, 0.2) is 0 Å². The van der Waals surface area contributed by atoms with Crippen LogP contribution in [0.25, 0.3) is 0 Å². The van der Waals surface area contributed by atoms with Crippen molar-refractivity contribution in [2.75, 3.05) is 26.2 Å². The fourth-order valence-electron chi connectivity index (χ4n) is 1.33. The summed E-state index contributed by atoms with van der Waals surface area (Å²) in [5.41, 5.74) is 0. The molecule has 0 fully saturated rings. The molecule has 0 saturated heterocycles. The van der Waals surface area contributed by atoms with Crippen LogP contribution in [-0.4, -0.2) is 36.3 Å². The maximum atomic E-state index is 10.2. The minimum absolute atomic E-state index is 0.0278. The Morgan fingerprint density at radius 2 is 2.07 bits per heavy atom. The van der Waals surface area contributed by atoms with Crippen molar-refractivity contribution in [3.8, 4) is 0 Å². The van der Waals surface area contributed by atoms with Crippen LogP contribution in [-0.2, 0) is 0 Å². The number of hydrogen-bond acceptors (Lipinski definition) is 4. The molecule has 0 amide bonds. The summed E-state index contributed by atoms with van der Waals surface area (Å²) >= 11 is 0. The van der Waals surface area contributed by atoms with Gasteiger partial charge in [-0.05, 0) is 25.3 Å². The van der Waals surface area contributed by atoms with Gasteiger partial charge in [0.05, 0.1) is 0 Å². The largest absolute Gasteiger partial charge is 0.396 e. The van der Waals surface area contributed by atoms with Crippen molar-refractivity contribution in [3.63, 3.8) is 0 Å². The summed E-state index contributed by atoms with van der Waals surface area (Å²) < 4.78 is 0. The van der Waals surface area contributed by atoms with Crippen molar-refractivity contribution >= 4 is 0 Å². The fraction of sp³-hybridized carbons (Fsp3) is 1.00. The predicted octanol–water partition coefficient (Wildman–Crippen LogP) is 0.897. The molecule has 0 aromatic heterocycles. The average Bonchev–Trinajstić information content (AvgIpc) is 2.15. The van der Waals surface area contributed by atoms with E-state index in [1.165, 1.54) is 0 Å². The molecule has 0 spiro atoms. The third kappa shape index (κ3) is 9.62.